The maximum Gasteiger partial charge on any atom is 0.325 e. The molecule has 7 heteroatoms. The van der Waals surface area contributed by atoms with Crippen molar-refractivity contribution in [1.29, 1.82) is 0 Å². The number of ether oxygens (including phenoxy) is 1. The zero-order valence-electron chi connectivity index (χ0n) is 15.4. The number of nitrogens with zero attached hydrogens (tertiary/aromatic N) is 2. The minimum absolute atomic E-state index is 0.184. The fraction of sp³-hybridized carbons (Fsp3) is 0.300. The van der Waals surface area contributed by atoms with E-state index in [1.165, 1.54) is 12.1 Å². The fourth-order valence-corrected chi connectivity index (χ4v) is 2.58. The third-order valence-electron chi connectivity index (χ3n) is 3.87. The topological polar surface area (TPSA) is 63.6 Å². The number of carbonyl (C=O) groups is 2. The minimum atomic E-state index is -0.482. The monoisotopic (exact) mass is 373 g/mol. The van der Waals surface area contributed by atoms with Gasteiger partial charge in [0.05, 0.1) is 13.2 Å². The molecule has 0 unspecified atom stereocenters. The average molecular weight is 373 g/mol. The second kappa shape index (κ2) is 10.2. The van der Waals surface area contributed by atoms with E-state index < -0.39 is 5.97 Å². The summed E-state index contributed by atoms with van der Waals surface area (Å²) in [4.78, 5) is 25.3. The van der Waals surface area contributed by atoms with Crippen LogP contribution in [0.3, 0.4) is 0 Å². The summed E-state index contributed by atoms with van der Waals surface area (Å²) in [5.74, 6) is -0.758. The predicted molar refractivity (Wildman–Crippen MR) is 101 cm³/mol. The zero-order chi connectivity index (χ0) is 19.6. The Labute approximate surface area is 158 Å². The number of carbonyl (C=O) groups excluding carboxylic acids is 2. The molecule has 0 radical (unpaired) electrons. The van der Waals surface area contributed by atoms with Gasteiger partial charge in [-0.05, 0) is 36.8 Å². The van der Waals surface area contributed by atoms with Gasteiger partial charge in [0.2, 0.25) is 0 Å². The van der Waals surface area contributed by atoms with Crippen LogP contribution in [0.15, 0.2) is 55.3 Å². The summed E-state index contributed by atoms with van der Waals surface area (Å²) in [5.41, 5.74) is 1.86. The molecule has 0 spiro atoms. The highest BCUT2D eigenvalue weighted by molar-refractivity contribution is 5.80. The minimum Gasteiger partial charge on any atom is -0.465 e. The van der Waals surface area contributed by atoms with Crippen molar-refractivity contribution >= 4 is 12.0 Å². The van der Waals surface area contributed by atoms with E-state index in [9.17, 15) is 14.0 Å². The largest absolute Gasteiger partial charge is 0.465 e. The number of rotatable bonds is 9. The van der Waals surface area contributed by atoms with Crippen molar-refractivity contribution in [2.24, 2.45) is 0 Å². The number of amides is 2. The SMILES string of the molecule is C=CCN(Cc1cccn1Cc1ccc(F)cc1)C(=O)NCC(=O)OCC. The number of hydrogen-bond donors (Lipinski definition) is 1. The lowest BCUT2D eigenvalue weighted by atomic mass is 10.2. The fourth-order valence-electron chi connectivity index (χ4n) is 2.58. The lowest BCUT2D eigenvalue weighted by molar-refractivity contribution is -0.141. The van der Waals surface area contributed by atoms with Crippen LogP contribution in [-0.2, 0) is 22.6 Å². The molecule has 27 heavy (non-hydrogen) atoms. The van der Waals surface area contributed by atoms with Crippen LogP contribution in [0, 0.1) is 5.82 Å². The van der Waals surface area contributed by atoms with Crippen molar-refractivity contribution in [3.05, 3.63) is 72.3 Å². The molecule has 1 aromatic carbocycles. The molecule has 0 atom stereocenters. The average Bonchev–Trinajstić information content (AvgIpc) is 3.08. The third-order valence-corrected chi connectivity index (χ3v) is 3.87. The lowest BCUT2D eigenvalue weighted by Crippen LogP contribution is -2.42. The van der Waals surface area contributed by atoms with Crippen molar-refractivity contribution in [3.63, 3.8) is 0 Å². The van der Waals surface area contributed by atoms with Gasteiger partial charge in [0.25, 0.3) is 0 Å². The van der Waals surface area contributed by atoms with Gasteiger partial charge < -0.3 is 19.5 Å². The Morgan fingerprint density at radius 2 is 2.04 bits per heavy atom. The van der Waals surface area contributed by atoms with Gasteiger partial charge in [0.1, 0.15) is 12.4 Å². The Bertz CT molecular complexity index is 771. The molecule has 0 aliphatic rings. The molecule has 144 valence electrons. The summed E-state index contributed by atoms with van der Waals surface area (Å²) in [7, 11) is 0. The van der Waals surface area contributed by atoms with E-state index in [1.54, 1.807) is 30.0 Å². The second-order valence-corrected chi connectivity index (χ2v) is 5.89. The first-order valence-electron chi connectivity index (χ1n) is 8.71. The molecule has 1 heterocycles. The number of benzene rings is 1. The highest BCUT2D eigenvalue weighted by Crippen LogP contribution is 2.11. The number of esters is 1. The van der Waals surface area contributed by atoms with E-state index in [0.717, 1.165) is 11.3 Å². The Morgan fingerprint density at radius 3 is 2.70 bits per heavy atom. The van der Waals surface area contributed by atoms with Gasteiger partial charge in [0.15, 0.2) is 0 Å². The van der Waals surface area contributed by atoms with Crippen LogP contribution in [0.4, 0.5) is 9.18 Å². The Hall–Kier alpha value is -3.09. The van der Waals surface area contributed by atoms with E-state index in [-0.39, 0.29) is 25.0 Å². The van der Waals surface area contributed by atoms with Crippen molar-refractivity contribution in [2.75, 3.05) is 19.7 Å². The summed E-state index contributed by atoms with van der Waals surface area (Å²) >= 11 is 0. The predicted octanol–water partition coefficient (Wildman–Crippen LogP) is 2.94. The molecule has 2 amide bonds. The molecular formula is C20H24FN3O3. The van der Waals surface area contributed by atoms with E-state index in [2.05, 4.69) is 11.9 Å². The number of nitrogens with one attached hydrogen (secondary N) is 1. The zero-order valence-corrected chi connectivity index (χ0v) is 15.4. The molecule has 1 N–H and O–H groups in total. The molecule has 2 rings (SSSR count). The van der Waals surface area contributed by atoms with Crippen LogP contribution in [0.1, 0.15) is 18.2 Å². The van der Waals surface area contributed by atoms with Gasteiger partial charge in [-0.1, -0.05) is 18.2 Å². The van der Waals surface area contributed by atoms with Crippen molar-refractivity contribution < 1.29 is 18.7 Å². The van der Waals surface area contributed by atoms with Crippen LogP contribution in [-0.4, -0.2) is 41.2 Å². The summed E-state index contributed by atoms with van der Waals surface area (Å²) in [6, 6.07) is 9.73. The molecular weight excluding hydrogens is 349 g/mol. The normalized spacial score (nSPS) is 10.3. The van der Waals surface area contributed by atoms with Gasteiger partial charge in [-0.25, -0.2) is 9.18 Å². The van der Waals surface area contributed by atoms with Gasteiger partial charge in [-0.3, -0.25) is 4.79 Å². The molecule has 0 saturated heterocycles. The maximum atomic E-state index is 13.1. The quantitative estimate of drug-likeness (QED) is 0.543. The smallest absolute Gasteiger partial charge is 0.325 e. The van der Waals surface area contributed by atoms with E-state index in [0.29, 0.717) is 19.6 Å². The standard InChI is InChI=1S/C20H24FN3O3/c1-3-11-24(20(26)22-13-19(25)27-4-2)15-18-6-5-12-23(18)14-16-7-9-17(21)10-8-16/h3,5-10,12H,1,4,11,13-15H2,2H3,(H,22,26). The van der Waals surface area contributed by atoms with Crippen LogP contribution in [0.2, 0.25) is 0 Å². The highest BCUT2D eigenvalue weighted by Gasteiger charge is 2.16. The van der Waals surface area contributed by atoms with E-state index in [1.807, 2.05) is 22.9 Å². The van der Waals surface area contributed by atoms with Crippen LogP contribution < -0.4 is 5.32 Å². The summed E-state index contributed by atoms with van der Waals surface area (Å²) in [6.45, 7) is 6.71. The summed E-state index contributed by atoms with van der Waals surface area (Å²) < 4.78 is 19.9. The molecule has 6 nitrogen and oxygen atoms in total. The van der Waals surface area contributed by atoms with Gasteiger partial charge in [0, 0.05) is 25.0 Å². The number of aromatic nitrogens is 1. The van der Waals surface area contributed by atoms with E-state index in [4.69, 9.17) is 4.74 Å². The number of hydrogen-bond acceptors (Lipinski definition) is 3. The molecule has 0 saturated carbocycles. The van der Waals surface area contributed by atoms with Gasteiger partial charge in [-0.15, -0.1) is 6.58 Å². The van der Waals surface area contributed by atoms with Gasteiger partial charge in [-0.2, -0.15) is 0 Å². The first-order chi connectivity index (χ1) is 13.0. The van der Waals surface area contributed by atoms with Crippen LogP contribution in [0.5, 0.6) is 0 Å². The maximum absolute atomic E-state index is 13.1. The number of halogens is 1. The molecule has 0 fully saturated rings. The summed E-state index contributed by atoms with van der Waals surface area (Å²) in [6.07, 6.45) is 3.53. The molecule has 0 aliphatic heterocycles. The third kappa shape index (κ3) is 6.29. The van der Waals surface area contributed by atoms with Crippen LogP contribution in [0.25, 0.3) is 0 Å². The Morgan fingerprint density at radius 1 is 1.30 bits per heavy atom. The Kier molecular flexibility index (Phi) is 7.61. The first-order valence-corrected chi connectivity index (χ1v) is 8.71. The second-order valence-electron chi connectivity index (χ2n) is 5.89. The number of urea groups is 1. The first kappa shape index (κ1) is 20.2. The highest BCUT2D eigenvalue weighted by atomic mass is 19.1. The Balaban J connectivity index is 2.02. The lowest BCUT2D eigenvalue weighted by Gasteiger charge is -2.22. The van der Waals surface area contributed by atoms with Crippen molar-refractivity contribution in [3.8, 4) is 0 Å². The molecule has 1 aromatic heterocycles. The van der Waals surface area contributed by atoms with Gasteiger partial charge >= 0.3 is 12.0 Å². The van der Waals surface area contributed by atoms with E-state index >= 15 is 0 Å². The van der Waals surface area contributed by atoms with Crippen molar-refractivity contribution in [2.45, 2.75) is 20.0 Å². The molecule has 0 bridgehead atoms. The van der Waals surface area contributed by atoms with Crippen LogP contribution >= 0.6 is 0 Å². The molecule has 2 aromatic rings. The molecule has 0 aliphatic carbocycles. The summed E-state index contributed by atoms with van der Waals surface area (Å²) in [5, 5.41) is 2.55. The van der Waals surface area contributed by atoms with Crippen molar-refractivity contribution in [1.82, 2.24) is 14.8 Å².